The number of nitrogens with one attached hydrogen (secondary N) is 1. The van der Waals surface area contributed by atoms with Crippen LogP contribution in [0, 0.1) is 0 Å². The van der Waals surface area contributed by atoms with Gasteiger partial charge in [0, 0.05) is 10.6 Å². The molecule has 0 amide bonds. The molecule has 0 heterocycles. The highest BCUT2D eigenvalue weighted by atomic mass is 35.5. The van der Waals surface area contributed by atoms with Crippen molar-refractivity contribution in [3.63, 3.8) is 0 Å². The number of fused-ring (bicyclic) bond motifs is 1. The lowest BCUT2D eigenvalue weighted by Gasteiger charge is -2.05. The number of nitrogens with zero attached hydrogens (tertiary/aromatic N) is 1. The van der Waals surface area contributed by atoms with Gasteiger partial charge in [-0.25, -0.2) is 4.83 Å². The van der Waals surface area contributed by atoms with E-state index in [1.165, 1.54) is 6.21 Å². The Labute approximate surface area is 139 Å². The molecule has 116 valence electrons. The van der Waals surface area contributed by atoms with Crippen LogP contribution in [0.5, 0.6) is 0 Å². The van der Waals surface area contributed by atoms with Gasteiger partial charge in [0.2, 0.25) is 0 Å². The van der Waals surface area contributed by atoms with E-state index in [-0.39, 0.29) is 4.90 Å². The molecule has 0 spiro atoms. The average molecular weight is 345 g/mol. The molecule has 4 nitrogen and oxygen atoms in total. The van der Waals surface area contributed by atoms with E-state index in [9.17, 15) is 8.42 Å². The topological polar surface area (TPSA) is 58.5 Å². The smallest absolute Gasteiger partial charge is 0.200 e. The van der Waals surface area contributed by atoms with Gasteiger partial charge in [-0.1, -0.05) is 60.1 Å². The van der Waals surface area contributed by atoms with Crippen LogP contribution in [0.3, 0.4) is 0 Å². The highest BCUT2D eigenvalue weighted by Crippen LogP contribution is 2.19. The molecule has 3 aromatic rings. The first-order valence-corrected chi connectivity index (χ1v) is 8.70. The summed E-state index contributed by atoms with van der Waals surface area (Å²) in [5, 5.41) is 6.11. The second-order valence-electron chi connectivity index (χ2n) is 4.88. The Hall–Kier alpha value is -2.37. The first-order valence-electron chi connectivity index (χ1n) is 6.84. The molecule has 0 aliphatic heterocycles. The first-order chi connectivity index (χ1) is 11.1. The monoisotopic (exact) mass is 344 g/mol. The van der Waals surface area contributed by atoms with Gasteiger partial charge in [0.15, 0.2) is 0 Å². The van der Waals surface area contributed by atoms with Crippen molar-refractivity contribution in [1.29, 1.82) is 0 Å². The van der Waals surface area contributed by atoms with E-state index in [1.807, 2.05) is 24.3 Å². The maximum absolute atomic E-state index is 12.3. The molecule has 3 rings (SSSR count). The summed E-state index contributed by atoms with van der Waals surface area (Å²) in [4.78, 5) is 2.36. The van der Waals surface area contributed by atoms with Crippen molar-refractivity contribution in [3.05, 3.63) is 77.3 Å². The Morgan fingerprint density at radius 3 is 2.39 bits per heavy atom. The molecule has 23 heavy (non-hydrogen) atoms. The van der Waals surface area contributed by atoms with Crippen LogP contribution >= 0.6 is 11.6 Å². The second kappa shape index (κ2) is 6.40. The van der Waals surface area contributed by atoms with Crippen molar-refractivity contribution in [3.8, 4) is 0 Å². The Bertz CT molecular complexity index is 985. The maximum atomic E-state index is 12.3. The third kappa shape index (κ3) is 3.52. The predicted octanol–water partition coefficient (Wildman–Crippen LogP) is 3.81. The number of rotatable bonds is 4. The van der Waals surface area contributed by atoms with E-state index < -0.39 is 10.0 Å². The van der Waals surface area contributed by atoms with Crippen LogP contribution < -0.4 is 4.83 Å². The fraction of sp³-hybridized carbons (Fsp3) is 0. The summed E-state index contributed by atoms with van der Waals surface area (Å²) in [5.41, 5.74) is 0.635. The predicted molar refractivity (Wildman–Crippen MR) is 93.3 cm³/mol. The van der Waals surface area contributed by atoms with Gasteiger partial charge in [0.25, 0.3) is 10.0 Å². The van der Waals surface area contributed by atoms with Gasteiger partial charge < -0.3 is 0 Å². The van der Waals surface area contributed by atoms with Crippen LogP contribution in [-0.2, 0) is 10.0 Å². The van der Waals surface area contributed by atoms with Gasteiger partial charge in [0.05, 0.1) is 11.1 Å². The largest absolute Gasteiger partial charge is 0.276 e. The molecular weight excluding hydrogens is 332 g/mol. The van der Waals surface area contributed by atoms with E-state index in [1.54, 1.807) is 42.5 Å². The zero-order chi connectivity index (χ0) is 16.3. The lowest BCUT2D eigenvalue weighted by molar-refractivity contribution is 0.585. The molecule has 0 unspecified atom stereocenters. The third-order valence-electron chi connectivity index (χ3n) is 3.31. The second-order valence-corrected chi connectivity index (χ2v) is 6.95. The summed E-state index contributed by atoms with van der Waals surface area (Å²) >= 11 is 5.99. The summed E-state index contributed by atoms with van der Waals surface area (Å²) in [6, 6.07) is 19.5. The fourth-order valence-electron chi connectivity index (χ4n) is 2.13. The number of halogens is 1. The van der Waals surface area contributed by atoms with E-state index in [0.29, 0.717) is 10.6 Å². The standard InChI is InChI=1S/C17H13ClN2O2S/c18-17-8-4-3-7-15(17)12-19-20-23(21,22)16-10-9-13-5-1-2-6-14(13)11-16/h1-12,20H/b19-12+. The molecule has 0 fully saturated rings. The lowest BCUT2D eigenvalue weighted by Crippen LogP contribution is -2.18. The maximum Gasteiger partial charge on any atom is 0.276 e. The Kier molecular flexibility index (Phi) is 4.32. The molecule has 0 radical (unpaired) electrons. The van der Waals surface area contributed by atoms with Crippen LogP contribution in [0.4, 0.5) is 0 Å². The minimum Gasteiger partial charge on any atom is -0.200 e. The highest BCUT2D eigenvalue weighted by Gasteiger charge is 2.13. The van der Waals surface area contributed by atoms with E-state index in [2.05, 4.69) is 9.93 Å². The van der Waals surface area contributed by atoms with Crippen molar-refractivity contribution in [2.24, 2.45) is 5.10 Å². The fourth-order valence-corrected chi connectivity index (χ4v) is 3.14. The zero-order valence-electron chi connectivity index (χ0n) is 12.0. The molecule has 0 saturated heterocycles. The number of benzene rings is 3. The van der Waals surface area contributed by atoms with E-state index in [0.717, 1.165) is 10.8 Å². The Morgan fingerprint density at radius 2 is 1.61 bits per heavy atom. The lowest BCUT2D eigenvalue weighted by atomic mass is 10.1. The third-order valence-corrected chi connectivity index (χ3v) is 4.88. The van der Waals surface area contributed by atoms with Gasteiger partial charge in [-0.3, -0.25) is 0 Å². The van der Waals surface area contributed by atoms with Gasteiger partial charge in [-0.05, 0) is 29.0 Å². The van der Waals surface area contributed by atoms with Gasteiger partial charge >= 0.3 is 0 Å². The molecule has 0 bridgehead atoms. The van der Waals surface area contributed by atoms with Crippen molar-refractivity contribution in [2.75, 3.05) is 0 Å². The summed E-state index contributed by atoms with van der Waals surface area (Å²) in [6.45, 7) is 0. The molecular formula is C17H13ClN2O2S. The normalized spacial score (nSPS) is 11.9. The van der Waals surface area contributed by atoms with E-state index >= 15 is 0 Å². The molecule has 0 atom stereocenters. The number of hydrazone groups is 1. The van der Waals surface area contributed by atoms with Crippen LogP contribution in [0.1, 0.15) is 5.56 Å². The van der Waals surface area contributed by atoms with Crippen molar-refractivity contribution >= 4 is 38.6 Å². The summed E-state index contributed by atoms with van der Waals surface area (Å²) in [5.74, 6) is 0. The first kappa shape index (κ1) is 15.5. The van der Waals surface area contributed by atoms with Gasteiger partial charge in [-0.15, -0.1) is 0 Å². The molecule has 1 N–H and O–H groups in total. The molecule has 6 heteroatoms. The summed E-state index contributed by atoms with van der Waals surface area (Å²) < 4.78 is 24.6. The van der Waals surface area contributed by atoms with Crippen LogP contribution in [-0.4, -0.2) is 14.6 Å². The summed E-state index contributed by atoms with van der Waals surface area (Å²) in [7, 11) is -3.73. The minimum atomic E-state index is -3.73. The number of hydrogen-bond acceptors (Lipinski definition) is 3. The molecule has 0 aliphatic rings. The van der Waals surface area contributed by atoms with Crippen molar-refractivity contribution in [1.82, 2.24) is 4.83 Å². The van der Waals surface area contributed by atoms with E-state index in [4.69, 9.17) is 11.6 Å². The molecule has 3 aromatic carbocycles. The van der Waals surface area contributed by atoms with Crippen molar-refractivity contribution in [2.45, 2.75) is 4.90 Å². The quantitative estimate of drug-likeness (QED) is 0.578. The minimum absolute atomic E-state index is 0.160. The van der Waals surface area contributed by atoms with Gasteiger partial charge in [-0.2, -0.15) is 13.5 Å². The average Bonchev–Trinajstić information content (AvgIpc) is 2.56. The zero-order valence-corrected chi connectivity index (χ0v) is 13.6. The van der Waals surface area contributed by atoms with Crippen molar-refractivity contribution < 1.29 is 8.42 Å². The molecule has 0 aliphatic carbocycles. The highest BCUT2D eigenvalue weighted by molar-refractivity contribution is 7.89. The number of sulfonamides is 1. The van der Waals surface area contributed by atoms with Crippen LogP contribution in [0.15, 0.2) is 76.7 Å². The Morgan fingerprint density at radius 1 is 0.913 bits per heavy atom. The van der Waals surface area contributed by atoms with Gasteiger partial charge in [0.1, 0.15) is 0 Å². The Balaban J connectivity index is 1.84. The molecule has 0 saturated carbocycles. The summed E-state index contributed by atoms with van der Waals surface area (Å²) in [6.07, 6.45) is 1.38. The molecule has 0 aromatic heterocycles. The number of hydrogen-bond donors (Lipinski definition) is 1. The van der Waals surface area contributed by atoms with Crippen LogP contribution in [0.25, 0.3) is 10.8 Å². The van der Waals surface area contributed by atoms with Crippen LogP contribution in [0.2, 0.25) is 5.02 Å². The SMILES string of the molecule is O=S(=O)(N/N=C/c1ccccc1Cl)c1ccc2ccccc2c1.